The zero-order chi connectivity index (χ0) is 11.8. The molecule has 0 bridgehead atoms. The summed E-state index contributed by atoms with van der Waals surface area (Å²) in [5.74, 6) is -0.806. The fraction of sp³-hybridized carbons (Fsp3) is 0.818. The highest BCUT2D eigenvalue weighted by molar-refractivity contribution is 5.82. The summed E-state index contributed by atoms with van der Waals surface area (Å²) in [4.78, 5) is 22.7. The molecule has 2 aliphatic rings. The van der Waals surface area contributed by atoms with Gasteiger partial charge in [0.1, 0.15) is 0 Å². The Morgan fingerprint density at radius 2 is 2.19 bits per heavy atom. The SMILES string of the molecule is CC1NCCC1C(=O)NCC1(C(=O)O)CC1. The number of hydrogen-bond acceptors (Lipinski definition) is 3. The second kappa shape index (κ2) is 4.05. The molecule has 0 spiro atoms. The molecule has 1 saturated carbocycles. The molecular weight excluding hydrogens is 208 g/mol. The minimum atomic E-state index is -0.787. The quantitative estimate of drug-likeness (QED) is 0.629. The van der Waals surface area contributed by atoms with E-state index in [4.69, 9.17) is 5.11 Å². The molecule has 0 aromatic heterocycles. The Bertz CT molecular complexity index is 312. The van der Waals surface area contributed by atoms with E-state index in [1.54, 1.807) is 0 Å². The van der Waals surface area contributed by atoms with E-state index < -0.39 is 11.4 Å². The minimum absolute atomic E-state index is 0.00924. The smallest absolute Gasteiger partial charge is 0.311 e. The number of aliphatic carboxylic acids is 1. The maximum Gasteiger partial charge on any atom is 0.311 e. The van der Waals surface area contributed by atoms with Crippen LogP contribution in [0.1, 0.15) is 26.2 Å². The maximum atomic E-state index is 11.8. The van der Waals surface area contributed by atoms with E-state index in [9.17, 15) is 9.59 Å². The molecular formula is C11H18N2O3. The molecule has 2 atom stereocenters. The van der Waals surface area contributed by atoms with E-state index in [0.717, 1.165) is 13.0 Å². The Balaban J connectivity index is 1.82. The molecule has 1 aliphatic heterocycles. The predicted molar refractivity (Wildman–Crippen MR) is 57.9 cm³/mol. The second-order valence-electron chi connectivity index (χ2n) is 4.94. The van der Waals surface area contributed by atoms with Gasteiger partial charge in [-0.25, -0.2) is 0 Å². The number of carbonyl (C=O) groups excluding carboxylic acids is 1. The van der Waals surface area contributed by atoms with Crippen molar-refractivity contribution in [2.45, 2.75) is 32.2 Å². The summed E-state index contributed by atoms with van der Waals surface area (Å²) in [6, 6.07) is 0.194. The Hall–Kier alpha value is -1.10. The molecule has 1 amide bonds. The van der Waals surface area contributed by atoms with E-state index in [2.05, 4.69) is 10.6 Å². The summed E-state index contributed by atoms with van der Waals surface area (Å²) in [7, 11) is 0. The largest absolute Gasteiger partial charge is 0.481 e. The van der Waals surface area contributed by atoms with Crippen molar-refractivity contribution in [1.82, 2.24) is 10.6 Å². The first-order valence-corrected chi connectivity index (χ1v) is 5.80. The monoisotopic (exact) mass is 226 g/mol. The molecule has 3 N–H and O–H groups in total. The van der Waals surface area contributed by atoms with E-state index in [1.807, 2.05) is 6.92 Å². The molecule has 1 heterocycles. The zero-order valence-electron chi connectivity index (χ0n) is 9.45. The molecule has 90 valence electrons. The van der Waals surface area contributed by atoms with Gasteiger partial charge >= 0.3 is 5.97 Å². The highest BCUT2D eigenvalue weighted by Gasteiger charge is 2.50. The lowest BCUT2D eigenvalue weighted by molar-refractivity contribution is -0.143. The fourth-order valence-electron chi connectivity index (χ4n) is 2.22. The molecule has 2 unspecified atom stereocenters. The van der Waals surface area contributed by atoms with Gasteiger partial charge in [-0.15, -0.1) is 0 Å². The van der Waals surface area contributed by atoms with Crippen LogP contribution in [0.4, 0.5) is 0 Å². The average molecular weight is 226 g/mol. The molecule has 0 radical (unpaired) electrons. The van der Waals surface area contributed by atoms with E-state index >= 15 is 0 Å². The first-order chi connectivity index (χ1) is 7.55. The third kappa shape index (κ3) is 2.04. The van der Waals surface area contributed by atoms with E-state index in [0.29, 0.717) is 12.8 Å². The number of carboxylic acid groups (broad SMARTS) is 1. The summed E-state index contributed by atoms with van der Waals surface area (Å²) in [5, 5.41) is 15.0. The van der Waals surface area contributed by atoms with Gasteiger partial charge in [0.2, 0.25) is 5.91 Å². The van der Waals surface area contributed by atoms with Crippen LogP contribution < -0.4 is 10.6 Å². The lowest BCUT2D eigenvalue weighted by Crippen LogP contribution is -2.40. The molecule has 1 aliphatic carbocycles. The molecule has 2 fully saturated rings. The minimum Gasteiger partial charge on any atom is -0.481 e. The van der Waals surface area contributed by atoms with Crippen LogP contribution in [0.3, 0.4) is 0 Å². The van der Waals surface area contributed by atoms with Gasteiger partial charge in [-0.05, 0) is 32.7 Å². The van der Waals surface area contributed by atoms with Gasteiger partial charge in [0.05, 0.1) is 11.3 Å². The lowest BCUT2D eigenvalue weighted by atomic mass is 10.0. The second-order valence-corrected chi connectivity index (χ2v) is 4.94. The highest BCUT2D eigenvalue weighted by Crippen LogP contribution is 2.45. The Morgan fingerprint density at radius 1 is 1.50 bits per heavy atom. The third-order valence-electron chi connectivity index (χ3n) is 3.77. The van der Waals surface area contributed by atoms with Gasteiger partial charge in [0.15, 0.2) is 0 Å². The maximum absolute atomic E-state index is 11.8. The van der Waals surface area contributed by atoms with Gasteiger partial charge in [0, 0.05) is 12.6 Å². The summed E-state index contributed by atoms with van der Waals surface area (Å²) in [5.41, 5.74) is -0.662. The summed E-state index contributed by atoms with van der Waals surface area (Å²) >= 11 is 0. The molecule has 16 heavy (non-hydrogen) atoms. The zero-order valence-corrected chi connectivity index (χ0v) is 9.45. The first-order valence-electron chi connectivity index (χ1n) is 5.80. The fourth-order valence-corrected chi connectivity index (χ4v) is 2.22. The van der Waals surface area contributed by atoms with Gasteiger partial charge in [0.25, 0.3) is 0 Å². The summed E-state index contributed by atoms with van der Waals surface area (Å²) in [6.07, 6.45) is 2.20. The molecule has 1 saturated heterocycles. The lowest BCUT2D eigenvalue weighted by Gasteiger charge is -2.17. The van der Waals surface area contributed by atoms with Crippen molar-refractivity contribution in [2.75, 3.05) is 13.1 Å². The molecule has 2 rings (SSSR count). The Morgan fingerprint density at radius 3 is 2.62 bits per heavy atom. The molecule has 0 aromatic rings. The Kier molecular flexibility index (Phi) is 2.88. The van der Waals surface area contributed by atoms with Crippen molar-refractivity contribution in [1.29, 1.82) is 0 Å². The molecule has 5 heteroatoms. The van der Waals surface area contributed by atoms with Crippen molar-refractivity contribution in [3.05, 3.63) is 0 Å². The third-order valence-corrected chi connectivity index (χ3v) is 3.77. The van der Waals surface area contributed by atoms with Crippen LogP contribution in [0, 0.1) is 11.3 Å². The van der Waals surface area contributed by atoms with Crippen LogP contribution in [0.2, 0.25) is 0 Å². The van der Waals surface area contributed by atoms with Crippen LogP contribution in [0.25, 0.3) is 0 Å². The van der Waals surface area contributed by atoms with Crippen LogP contribution in [-0.2, 0) is 9.59 Å². The van der Waals surface area contributed by atoms with Crippen molar-refractivity contribution in [3.63, 3.8) is 0 Å². The van der Waals surface area contributed by atoms with Gasteiger partial charge in [-0.3, -0.25) is 9.59 Å². The highest BCUT2D eigenvalue weighted by atomic mass is 16.4. The first kappa shape index (κ1) is 11.4. The van der Waals surface area contributed by atoms with Crippen LogP contribution >= 0.6 is 0 Å². The number of hydrogen-bond donors (Lipinski definition) is 3. The van der Waals surface area contributed by atoms with Crippen molar-refractivity contribution in [2.24, 2.45) is 11.3 Å². The number of nitrogens with one attached hydrogen (secondary N) is 2. The van der Waals surface area contributed by atoms with Crippen molar-refractivity contribution < 1.29 is 14.7 Å². The number of amides is 1. The number of rotatable bonds is 4. The van der Waals surface area contributed by atoms with Gasteiger partial charge < -0.3 is 15.7 Å². The topological polar surface area (TPSA) is 78.4 Å². The summed E-state index contributed by atoms with van der Waals surface area (Å²) in [6.45, 7) is 3.13. The average Bonchev–Trinajstić information content (AvgIpc) is 2.92. The van der Waals surface area contributed by atoms with Crippen LogP contribution in [-0.4, -0.2) is 36.1 Å². The normalized spacial score (nSPS) is 31.1. The van der Waals surface area contributed by atoms with Gasteiger partial charge in [-0.2, -0.15) is 0 Å². The number of carbonyl (C=O) groups is 2. The van der Waals surface area contributed by atoms with E-state index in [-0.39, 0.29) is 24.4 Å². The van der Waals surface area contributed by atoms with Gasteiger partial charge in [-0.1, -0.05) is 0 Å². The molecule has 0 aromatic carbocycles. The van der Waals surface area contributed by atoms with Crippen molar-refractivity contribution in [3.8, 4) is 0 Å². The summed E-state index contributed by atoms with van der Waals surface area (Å²) < 4.78 is 0. The van der Waals surface area contributed by atoms with Crippen LogP contribution in [0.15, 0.2) is 0 Å². The van der Waals surface area contributed by atoms with Crippen LogP contribution in [0.5, 0.6) is 0 Å². The van der Waals surface area contributed by atoms with E-state index in [1.165, 1.54) is 0 Å². The number of carboxylic acids is 1. The standard InChI is InChI=1S/C11H18N2O3/c1-7-8(2-5-12-7)9(14)13-6-11(3-4-11)10(15)16/h7-8,12H,2-6H2,1H3,(H,13,14)(H,15,16). The Labute approximate surface area is 94.6 Å². The molecule has 5 nitrogen and oxygen atoms in total. The predicted octanol–water partition coefficient (Wildman–Crippen LogP) is -0.0346. The van der Waals surface area contributed by atoms with Crippen molar-refractivity contribution >= 4 is 11.9 Å².